The van der Waals surface area contributed by atoms with Crippen molar-refractivity contribution in [1.29, 1.82) is 0 Å². The van der Waals surface area contributed by atoms with Gasteiger partial charge in [-0.15, -0.1) is 0 Å². The number of rotatable bonds is 8. The summed E-state index contributed by atoms with van der Waals surface area (Å²) in [5.41, 5.74) is 3.90. The molecule has 2 nitrogen and oxygen atoms in total. The summed E-state index contributed by atoms with van der Waals surface area (Å²) in [6.45, 7) is 6.47. The first kappa shape index (κ1) is 18.3. The number of carbonyl (C=O) groups is 1. The Hall–Kier alpha value is -2.09. The molecule has 128 valence electrons. The first-order valence-electron chi connectivity index (χ1n) is 8.96. The molecule has 0 aliphatic carbocycles. The summed E-state index contributed by atoms with van der Waals surface area (Å²) in [6, 6.07) is 19.2. The van der Waals surface area contributed by atoms with E-state index in [1.54, 1.807) is 0 Å². The second-order valence-electron chi connectivity index (χ2n) is 6.89. The minimum atomic E-state index is 0.142. The van der Waals surface area contributed by atoms with E-state index >= 15 is 0 Å². The van der Waals surface area contributed by atoms with Crippen molar-refractivity contribution in [1.82, 2.24) is 5.32 Å². The number of hydrogen-bond acceptors (Lipinski definition) is 1. The van der Waals surface area contributed by atoms with Crippen LogP contribution in [-0.4, -0.2) is 11.9 Å². The average Bonchev–Trinajstić information content (AvgIpc) is 2.59. The minimum Gasteiger partial charge on any atom is -0.354 e. The van der Waals surface area contributed by atoms with Gasteiger partial charge in [0.2, 0.25) is 5.91 Å². The fraction of sp³-hybridized carbons (Fsp3) is 0.409. The quantitative estimate of drug-likeness (QED) is 0.737. The molecule has 1 amide bonds. The molecule has 0 saturated carbocycles. The zero-order chi connectivity index (χ0) is 17.4. The molecule has 2 heteroatoms. The first-order chi connectivity index (χ1) is 11.5. The predicted octanol–water partition coefficient (Wildman–Crippen LogP) is 4.88. The van der Waals surface area contributed by atoms with Crippen molar-refractivity contribution in [3.63, 3.8) is 0 Å². The highest BCUT2D eigenvalue weighted by Crippen LogP contribution is 2.15. The molecule has 2 aromatic rings. The summed E-state index contributed by atoms with van der Waals surface area (Å²) in [4.78, 5) is 12.1. The van der Waals surface area contributed by atoms with E-state index in [0.717, 1.165) is 19.3 Å². The molecule has 0 heterocycles. The summed E-state index contributed by atoms with van der Waals surface area (Å²) in [5.74, 6) is 0.691. The summed E-state index contributed by atoms with van der Waals surface area (Å²) in [6.07, 6.45) is 3.32. The topological polar surface area (TPSA) is 29.1 Å². The monoisotopic (exact) mass is 323 g/mol. The van der Waals surface area contributed by atoms with Crippen molar-refractivity contribution < 1.29 is 4.79 Å². The van der Waals surface area contributed by atoms with E-state index in [0.29, 0.717) is 12.3 Å². The Bertz CT molecular complexity index is 616. The van der Waals surface area contributed by atoms with E-state index < -0.39 is 0 Å². The minimum absolute atomic E-state index is 0.142. The van der Waals surface area contributed by atoms with Crippen LogP contribution in [-0.2, 0) is 17.6 Å². The molecular weight excluding hydrogens is 294 g/mol. The third-order valence-electron chi connectivity index (χ3n) is 4.40. The molecule has 0 spiro atoms. The van der Waals surface area contributed by atoms with Gasteiger partial charge in [-0.1, -0.05) is 68.4 Å². The standard InChI is InChI=1S/C22H29NO/c1-17(2)21-14-11-20(12-15-21)13-16-22(24)23-18(3)9-10-19-7-5-4-6-8-19/h4-8,11-12,14-15,17-18H,9-10,13,16H2,1-3H3,(H,23,24)/t18-/m1/s1. The lowest BCUT2D eigenvalue weighted by Crippen LogP contribution is -2.33. The third kappa shape index (κ3) is 6.19. The van der Waals surface area contributed by atoms with Crippen LogP contribution in [0.4, 0.5) is 0 Å². The van der Waals surface area contributed by atoms with Crippen LogP contribution in [0.3, 0.4) is 0 Å². The van der Waals surface area contributed by atoms with Crippen LogP contribution in [0, 0.1) is 0 Å². The molecule has 1 atom stereocenters. The van der Waals surface area contributed by atoms with Gasteiger partial charge >= 0.3 is 0 Å². The van der Waals surface area contributed by atoms with Crippen molar-refractivity contribution in [2.45, 2.75) is 58.4 Å². The van der Waals surface area contributed by atoms with E-state index in [1.165, 1.54) is 16.7 Å². The molecule has 0 bridgehead atoms. The zero-order valence-corrected chi connectivity index (χ0v) is 15.1. The summed E-state index contributed by atoms with van der Waals surface area (Å²) >= 11 is 0. The van der Waals surface area contributed by atoms with Gasteiger partial charge in [-0.3, -0.25) is 4.79 Å². The Morgan fingerprint density at radius 1 is 0.875 bits per heavy atom. The van der Waals surface area contributed by atoms with Gasteiger partial charge in [0.25, 0.3) is 0 Å². The van der Waals surface area contributed by atoms with Crippen LogP contribution >= 0.6 is 0 Å². The molecule has 0 saturated heterocycles. The van der Waals surface area contributed by atoms with Crippen LogP contribution in [0.25, 0.3) is 0 Å². The molecule has 0 unspecified atom stereocenters. The summed E-state index contributed by atoms with van der Waals surface area (Å²) < 4.78 is 0. The number of benzene rings is 2. The largest absolute Gasteiger partial charge is 0.354 e. The van der Waals surface area contributed by atoms with E-state index in [1.807, 2.05) is 6.07 Å². The van der Waals surface area contributed by atoms with Crippen molar-refractivity contribution in [3.05, 3.63) is 71.3 Å². The molecule has 0 fully saturated rings. The number of carbonyl (C=O) groups excluding carboxylic acids is 1. The lowest BCUT2D eigenvalue weighted by Gasteiger charge is -2.14. The van der Waals surface area contributed by atoms with Gasteiger partial charge in [0.1, 0.15) is 0 Å². The fourth-order valence-corrected chi connectivity index (χ4v) is 2.77. The van der Waals surface area contributed by atoms with Crippen molar-refractivity contribution in [2.24, 2.45) is 0 Å². The maximum Gasteiger partial charge on any atom is 0.220 e. The lowest BCUT2D eigenvalue weighted by atomic mass is 10.00. The Balaban J connectivity index is 1.70. The molecule has 0 radical (unpaired) electrons. The van der Waals surface area contributed by atoms with E-state index in [-0.39, 0.29) is 11.9 Å². The molecular formula is C22H29NO. The molecule has 2 aromatic carbocycles. The van der Waals surface area contributed by atoms with E-state index in [4.69, 9.17) is 0 Å². The van der Waals surface area contributed by atoms with Gasteiger partial charge in [0, 0.05) is 12.5 Å². The average molecular weight is 323 g/mol. The molecule has 0 aliphatic heterocycles. The third-order valence-corrected chi connectivity index (χ3v) is 4.40. The molecule has 24 heavy (non-hydrogen) atoms. The first-order valence-corrected chi connectivity index (χ1v) is 8.96. The highest BCUT2D eigenvalue weighted by Gasteiger charge is 2.08. The smallest absolute Gasteiger partial charge is 0.220 e. The second-order valence-corrected chi connectivity index (χ2v) is 6.89. The number of aryl methyl sites for hydroxylation is 2. The molecule has 2 rings (SSSR count). The number of hydrogen-bond donors (Lipinski definition) is 1. The van der Waals surface area contributed by atoms with Crippen molar-refractivity contribution >= 4 is 5.91 Å². The van der Waals surface area contributed by atoms with E-state index in [9.17, 15) is 4.79 Å². The highest BCUT2D eigenvalue weighted by atomic mass is 16.1. The van der Waals surface area contributed by atoms with Crippen LogP contribution in [0.15, 0.2) is 54.6 Å². The summed E-state index contributed by atoms with van der Waals surface area (Å²) in [7, 11) is 0. The van der Waals surface area contributed by atoms with Crippen LogP contribution in [0.2, 0.25) is 0 Å². The predicted molar refractivity (Wildman–Crippen MR) is 101 cm³/mol. The Morgan fingerprint density at radius 2 is 1.50 bits per heavy atom. The van der Waals surface area contributed by atoms with Crippen molar-refractivity contribution in [2.75, 3.05) is 0 Å². The van der Waals surface area contributed by atoms with Gasteiger partial charge in [-0.2, -0.15) is 0 Å². The molecule has 0 aliphatic rings. The van der Waals surface area contributed by atoms with E-state index in [2.05, 4.69) is 74.6 Å². The highest BCUT2D eigenvalue weighted by molar-refractivity contribution is 5.76. The fourth-order valence-electron chi connectivity index (χ4n) is 2.77. The van der Waals surface area contributed by atoms with Crippen LogP contribution in [0.5, 0.6) is 0 Å². The van der Waals surface area contributed by atoms with Crippen molar-refractivity contribution in [3.8, 4) is 0 Å². The van der Waals surface area contributed by atoms with Gasteiger partial charge in [-0.25, -0.2) is 0 Å². The van der Waals surface area contributed by atoms with Crippen LogP contribution < -0.4 is 5.32 Å². The van der Waals surface area contributed by atoms with Gasteiger partial charge in [0.15, 0.2) is 0 Å². The maximum absolute atomic E-state index is 12.1. The Morgan fingerprint density at radius 3 is 2.12 bits per heavy atom. The lowest BCUT2D eigenvalue weighted by molar-refractivity contribution is -0.121. The Kier molecular flexibility index (Phi) is 7.05. The normalized spacial score (nSPS) is 12.2. The molecule has 0 aromatic heterocycles. The maximum atomic E-state index is 12.1. The molecule has 1 N–H and O–H groups in total. The van der Waals surface area contributed by atoms with Gasteiger partial charge in [-0.05, 0) is 48.8 Å². The SMILES string of the molecule is CC(C)c1ccc(CCC(=O)N[C@H](C)CCc2ccccc2)cc1. The second kappa shape index (κ2) is 9.27. The summed E-state index contributed by atoms with van der Waals surface area (Å²) in [5, 5.41) is 3.11. The number of amides is 1. The number of nitrogens with one attached hydrogen (secondary N) is 1. The van der Waals surface area contributed by atoms with Gasteiger partial charge in [0.05, 0.1) is 0 Å². The van der Waals surface area contributed by atoms with Crippen LogP contribution in [0.1, 0.15) is 56.2 Å². The Labute approximate surface area is 146 Å². The van der Waals surface area contributed by atoms with Gasteiger partial charge < -0.3 is 5.32 Å². The zero-order valence-electron chi connectivity index (χ0n) is 15.1.